The van der Waals surface area contributed by atoms with Crippen LogP contribution < -0.4 is 5.73 Å². The fourth-order valence-corrected chi connectivity index (χ4v) is 1.85. The van der Waals surface area contributed by atoms with E-state index in [1.165, 1.54) is 51.4 Å². The van der Waals surface area contributed by atoms with E-state index in [0.29, 0.717) is 6.61 Å². The molecular formula is C15H29NNaO2. The molecule has 0 spiro atoms. The van der Waals surface area contributed by atoms with Gasteiger partial charge in [0.1, 0.15) is 5.70 Å². The van der Waals surface area contributed by atoms with Crippen LogP contribution in [0, 0.1) is 0 Å². The van der Waals surface area contributed by atoms with Crippen molar-refractivity contribution in [1.29, 1.82) is 0 Å². The van der Waals surface area contributed by atoms with Crippen LogP contribution in [0.5, 0.6) is 0 Å². The van der Waals surface area contributed by atoms with Crippen molar-refractivity contribution in [3.63, 3.8) is 0 Å². The second kappa shape index (κ2) is 16.1. The van der Waals surface area contributed by atoms with Crippen molar-refractivity contribution in [2.45, 2.75) is 71.1 Å². The SMILES string of the molecule is C=C(N)C(=O)OCCCCCCCCCCCC.[Na]. The Hall–Kier alpha value is 0.0100. The van der Waals surface area contributed by atoms with Gasteiger partial charge in [-0.15, -0.1) is 0 Å². The molecular weight excluding hydrogens is 249 g/mol. The summed E-state index contributed by atoms with van der Waals surface area (Å²) in [5, 5.41) is 0. The van der Waals surface area contributed by atoms with Gasteiger partial charge in [-0.1, -0.05) is 71.3 Å². The molecule has 0 heterocycles. The normalized spacial score (nSPS) is 9.74. The van der Waals surface area contributed by atoms with Crippen LogP contribution in [0.4, 0.5) is 0 Å². The number of hydrogen-bond donors (Lipinski definition) is 1. The summed E-state index contributed by atoms with van der Waals surface area (Å²) in [5.41, 5.74) is 5.19. The third-order valence-corrected chi connectivity index (χ3v) is 2.99. The first-order valence-electron chi connectivity index (χ1n) is 7.30. The van der Waals surface area contributed by atoms with E-state index in [2.05, 4.69) is 13.5 Å². The summed E-state index contributed by atoms with van der Waals surface area (Å²) in [6, 6.07) is 0. The Bertz CT molecular complexity index is 232. The first kappa shape index (κ1) is 21.3. The molecule has 0 aliphatic carbocycles. The summed E-state index contributed by atoms with van der Waals surface area (Å²) < 4.78 is 4.91. The van der Waals surface area contributed by atoms with Gasteiger partial charge in [0.25, 0.3) is 0 Å². The van der Waals surface area contributed by atoms with Crippen LogP contribution in [0.2, 0.25) is 0 Å². The summed E-state index contributed by atoms with van der Waals surface area (Å²) in [6.45, 7) is 6.03. The molecule has 2 N–H and O–H groups in total. The summed E-state index contributed by atoms with van der Waals surface area (Å²) in [4.78, 5) is 11.0. The molecule has 0 atom stereocenters. The number of carbonyl (C=O) groups excluding carboxylic acids is 1. The molecule has 0 aromatic carbocycles. The molecule has 0 unspecified atom stereocenters. The van der Waals surface area contributed by atoms with Gasteiger partial charge < -0.3 is 10.5 Å². The molecule has 0 bridgehead atoms. The zero-order valence-electron chi connectivity index (χ0n) is 12.9. The molecule has 0 rings (SSSR count). The third-order valence-electron chi connectivity index (χ3n) is 2.99. The van der Waals surface area contributed by atoms with Crippen molar-refractivity contribution in [2.75, 3.05) is 6.61 Å². The summed E-state index contributed by atoms with van der Waals surface area (Å²) in [6.07, 6.45) is 12.7. The minimum atomic E-state index is -0.481. The van der Waals surface area contributed by atoms with Gasteiger partial charge in [-0.3, -0.25) is 0 Å². The van der Waals surface area contributed by atoms with Crippen molar-refractivity contribution in [3.05, 3.63) is 12.3 Å². The van der Waals surface area contributed by atoms with E-state index in [1.54, 1.807) is 0 Å². The van der Waals surface area contributed by atoms with Crippen molar-refractivity contribution in [1.82, 2.24) is 0 Å². The van der Waals surface area contributed by atoms with E-state index in [-0.39, 0.29) is 35.3 Å². The van der Waals surface area contributed by atoms with Crippen LogP contribution in [0.1, 0.15) is 71.1 Å². The Balaban J connectivity index is 0. The number of ether oxygens (including phenoxy) is 1. The van der Waals surface area contributed by atoms with Crippen LogP contribution in [0.15, 0.2) is 12.3 Å². The van der Waals surface area contributed by atoms with Gasteiger partial charge in [-0.2, -0.15) is 0 Å². The van der Waals surface area contributed by atoms with E-state index in [1.807, 2.05) is 0 Å². The number of nitrogens with two attached hydrogens (primary N) is 1. The first-order valence-corrected chi connectivity index (χ1v) is 7.30. The molecule has 107 valence electrons. The number of rotatable bonds is 12. The first-order chi connectivity index (χ1) is 8.68. The Labute approximate surface area is 140 Å². The maximum absolute atomic E-state index is 11.0. The van der Waals surface area contributed by atoms with Crippen LogP contribution in [-0.2, 0) is 9.53 Å². The Morgan fingerprint density at radius 3 is 1.79 bits per heavy atom. The topological polar surface area (TPSA) is 52.3 Å². The zero-order valence-corrected chi connectivity index (χ0v) is 14.9. The van der Waals surface area contributed by atoms with Gasteiger partial charge in [0, 0.05) is 29.6 Å². The fourth-order valence-electron chi connectivity index (χ4n) is 1.85. The molecule has 4 heteroatoms. The van der Waals surface area contributed by atoms with Crippen LogP contribution in [0.25, 0.3) is 0 Å². The van der Waals surface area contributed by atoms with E-state index in [4.69, 9.17) is 10.5 Å². The standard InChI is InChI=1S/C15H29NO2.Na/c1-3-4-5-6-7-8-9-10-11-12-13-18-15(17)14(2)16;/h2-13,16H2,1H3;. The molecule has 0 fully saturated rings. The van der Waals surface area contributed by atoms with Gasteiger partial charge in [0.05, 0.1) is 6.61 Å². The Morgan fingerprint density at radius 2 is 1.37 bits per heavy atom. The quantitative estimate of drug-likeness (QED) is 0.257. The minimum Gasteiger partial charge on any atom is -0.461 e. The zero-order chi connectivity index (χ0) is 13.6. The van der Waals surface area contributed by atoms with Gasteiger partial charge in [0.2, 0.25) is 0 Å². The molecule has 0 aliphatic heterocycles. The number of unbranched alkanes of at least 4 members (excludes halogenated alkanes) is 9. The van der Waals surface area contributed by atoms with Gasteiger partial charge in [-0.05, 0) is 6.42 Å². The van der Waals surface area contributed by atoms with E-state index in [9.17, 15) is 4.79 Å². The molecule has 0 saturated heterocycles. The smallest absolute Gasteiger partial charge is 0.353 e. The molecule has 0 aliphatic rings. The maximum Gasteiger partial charge on any atom is 0.353 e. The third kappa shape index (κ3) is 16.0. The molecule has 0 aromatic rings. The van der Waals surface area contributed by atoms with Crippen LogP contribution >= 0.6 is 0 Å². The average Bonchev–Trinajstić information content (AvgIpc) is 2.35. The van der Waals surface area contributed by atoms with Gasteiger partial charge >= 0.3 is 5.97 Å². The molecule has 1 radical (unpaired) electrons. The van der Waals surface area contributed by atoms with Crippen molar-refractivity contribution < 1.29 is 9.53 Å². The minimum absolute atomic E-state index is 0. The average molecular weight is 278 g/mol. The van der Waals surface area contributed by atoms with Crippen LogP contribution in [0.3, 0.4) is 0 Å². The fraction of sp³-hybridized carbons (Fsp3) is 0.800. The predicted octanol–water partition coefficient (Wildman–Crippen LogP) is 3.54. The Morgan fingerprint density at radius 1 is 0.947 bits per heavy atom. The molecule has 0 amide bonds. The van der Waals surface area contributed by atoms with E-state index in [0.717, 1.165) is 12.8 Å². The van der Waals surface area contributed by atoms with E-state index < -0.39 is 5.97 Å². The summed E-state index contributed by atoms with van der Waals surface area (Å²) in [7, 11) is 0. The van der Waals surface area contributed by atoms with E-state index >= 15 is 0 Å². The molecule has 3 nitrogen and oxygen atoms in total. The predicted molar refractivity (Wildman–Crippen MR) is 81.9 cm³/mol. The van der Waals surface area contributed by atoms with Gasteiger partial charge in [0.15, 0.2) is 0 Å². The van der Waals surface area contributed by atoms with Crippen LogP contribution in [-0.4, -0.2) is 42.1 Å². The van der Waals surface area contributed by atoms with Crippen molar-refractivity contribution >= 4 is 35.5 Å². The number of carbonyl (C=O) groups is 1. The summed E-state index contributed by atoms with van der Waals surface area (Å²) >= 11 is 0. The summed E-state index contributed by atoms with van der Waals surface area (Å²) in [5.74, 6) is -0.481. The maximum atomic E-state index is 11.0. The number of esters is 1. The Kier molecular flexibility index (Phi) is 18.0. The molecule has 0 saturated carbocycles. The van der Waals surface area contributed by atoms with Gasteiger partial charge in [-0.25, -0.2) is 4.79 Å². The monoisotopic (exact) mass is 278 g/mol. The molecule has 0 aromatic heterocycles. The molecule has 19 heavy (non-hydrogen) atoms. The van der Waals surface area contributed by atoms with Crippen molar-refractivity contribution in [2.24, 2.45) is 5.73 Å². The number of hydrogen-bond acceptors (Lipinski definition) is 3. The second-order valence-electron chi connectivity index (χ2n) is 4.84. The van der Waals surface area contributed by atoms with Crippen molar-refractivity contribution in [3.8, 4) is 0 Å². The second-order valence-corrected chi connectivity index (χ2v) is 4.84. The largest absolute Gasteiger partial charge is 0.461 e.